The van der Waals surface area contributed by atoms with Crippen LogP contribution in [0.1, 0.15) is 5.56 Å². The zero-order valence-corrected chi connectivity index (χ0v) is 12.6. The number of ether oxygens (including phenoxy) is 2. The summed E-state index contributed by atoms with van der Waals surface area (Å²) < 4.78 is 10.4. The minimum absolute atomic E-state index is 0.121. The molecule has 0 radical (unpaired) electrons. The Labute approximate surface area is 128 Å². The minimum atomic E-state index is -0.121. The maximum Gasteiger partial charge on any atom is 0.228 e. The van der Waals surface area contributed by atoms with Gasteiger partial charge in [-0.2, -0.15) is 0 Å². The molecule has 4 nitrogen and oxygen atoms in total. The molecule has 5 heteroatoms. The molecule has 0 bridgehead atoms. The second-order valence-corrected chi connectivity index (χ2v) is 4.86. The summed E-state index contributed by atoms with van der Waals surface area (Å²) in [4.78, 5) is 12.0. The molecule has 1 amide bonds. The van der Waals surface area contributed by atoms with Crippen LogP contribution in [0.5, 0.6) is 11.5 Å². The molecule has 21 heavy (non-hydrogen) atoms. The highest BCUT2D eigenvalue weighted by Gasteiger charge is 2.08. The van der Waals surface area contributed by atoms with E-state index in [2.05, 4.69) is 5.32 Å². The molecule has 0 aliphatic rings. The minimum Gasteiger partial charge on any atom is -0.493 e. The van der Waals surface area contributed by atoms with Gasteiger partial charge in [-0.1, -0.05) is 23.7 Å². The summed E-state index contributed by atoms with van der Waals surface area (Å²) in [6.07, 6.45) is 0.259. The molecule has 0 aromatic heterocycles. The van der Waals surface area contributed by atoms with Crippen molar-refractivity contribution >= 4 is 23.2 Å². The fourth-order valence-corrected chi connectivity index (χ4v) is 2.16. The number of methoxy groups -OCH3 is 2. The first-order valence-electron chi connectivity index (χ1n) is 6.38. The molecule has 2 rings (SSSR count). The SMILES string of the molecule is COc1ccc(NC(=O)Cc2cccc(Cl)c2)cc1OC. The molecule has 2 aromatic carbocycles. The van der Waals surface area contributed by atoms with Crippen molar-refractivity contribution in [3.8, 4) is 11.5 Å². The van der Waals surface area contributed by atoms with Crippen molar-refractivity contribution in [2.24, 2.45) is 0 Å². The van der Waals surface area contributed by atoms with Gasteiger partial charge in [0.1, 0.15) is 0 Å². The molecule has 0 aliphatic heterocycles. The van der Waals surface area contributed by atoms with Crippen LogP contribution in [0.3, 0.4) is 0 Å². The van der Waals surface area contributed by atoms with Crippen molar-refractivity contribution in [3.05, 3.63) is 53.1 Å². The lowest BCUT2D eigenvalue weighted by Gasteiger charge is -2.10. The average molecular weight is 306 g/mol. The highest BCUT2D eigenvalue weighted by molar-refractivity contribution is 6.30. The molecular formula is C16H16ClNO3. The Morgan fingerprint density at radius 1 is 1.10 bits per heavy atom. The first kappa shape index (κ1) is 15.2. The predicted molar refractivity (Wildman–Crippen MR) is 83.3 cm³/mol. The summed E-state index contributed by atoms with van der Waals surface area (Å²) in [7, 11) is 3.12. The Balaban J connectivity index is 2.06. The number of carbonyl (C=O) groups excluding carboxylic acids is 1. The van der Waals surface area contributed by atoms with Crippen molar-refractivity contribution in [3.63, 3.8) is 0 Å². The summed E-state index contributed by atoms with van der Waals surface area (Å²) in [6, 6.07) is 12.5. The van der Waals surface area contributed by atoms with Crippen LogP contribution in [0.25, 0.3) is 0 Å². The first-order chi connectivity index (χ1) is 10.1. The van der Waals surface area contributed by atoms with Crippen molar-refractivity contribution in [2.75, 3.05) is 19.5 Å². The lowest BCUT2D eigenvalue weighted by Crippen LogP contribution is -2.14. The van der Waals surface area contributed by atoms with E-state index in [0.717, 1.165) is 5.56 Å². The number of amides is 1. The van der Waals surface area contributed by atoms with Gasteiger partial charge in [0, 0.05) is 16.8 Å². The van der Waals surface area contributed by atoms with E-state index in [-0.39, 0.29) is 12.3 Å². The van der Waals surface area contributed by atoms with Crippen molar-refractivity contribution in [1.82, 2.24) is 0 Å². The number of carbonyl (C=O) groups is 1. The number of nitrogens with one attached hydrogen (secondary N) is 1. The molecule has 110 valence electrons. The molecule has 0 saturated carbocycles. The molecule has 0 fully saturated rings. The molecule has 0 heterocycles. The van der Waals surface area contributed by atoms with Crippen LogP contribution in [0.15, 0.2) is 42.5 Å². The third-order valence-electron chi connectivity index (χ3n) is 2.92. The van der Waals surface area contributed by atoms with Crippen LogP contribution < -0.4 is 14.8 Å². The quantitative estimate of drug-likeness (QED) is 0.919. The second-order valence-electron chi connectivity index (χ2n) is 4.42. The fraction of sp³-hybridized carbons (Fsp3) is 0.188. The van der Waals surface area contributed by atoms with Gasteiger partial charge in [0.25, 0.3) is 0 Å². The van der Waals surface area contributed by atoms with Gasteiger partial charge in [-0.05, 0) is 29.8 Å². The van der Waals surface area contributed by atoms with E-state index in [1.165, 1.54) is 0 Å². The van der Waals surface area contributed by atoms with Gasteiger partial charge in [0.05, 0.1) is 20.6 Å². The van der Waals surface area contributed by atoms with Gasteiger partial charge in [-0.15, -0.1) is 0 Å². The zero-order chi connectivity index (χ0) is 15.2. The van der Waals surface area contributed by atoms with E-state index in [9.17, 15) is 4.79 Å². The molecule has 0 atom stereocenters. The fourth-order valence-electron chi connectivity index (χ4n) is 1.95. The normalized spacial score (nSPS) is 10.0. The highest BCUT2D eigenvalue weighted by Crippen LogP contribution is 2.29. The first-order valence-corrected chi connectivity index (χ1v) is 6.76. The lowest BCUT2D eigenvalue weighted by atomic mass is 10.1. The molecule has 0 saturated heterocycles. The Morgan fingerprint density at radius 3 is 2.52 bits per heavy atom. The van der Waals surface area contributed by atoms with E-state index >= 15 is 0 Å². The number of hydrogen-bond donors (Lipinski definition) is 1. The topological polar surface area (TPSA) is 47.6 Å². The van der Waals surface area contributed by atoms with Crippen molar-refractivity contribution in [1.29, 1.82) is 0 Å². The van der Waals surface area contributed by atoms with E-state index in [1.807, 2.05) is 12.1 Å². The third-order valence-corrected chi connectivity index (χ3v) is 3.16. The Kier molecular flexibility index (Phi) is 5.06. The largest absolute Gasteiger partial charge is 0.493 e. The molecular weight excluding hydrogens is 290 g/mol. The van der Waals surface area contributed by atoms with Gasteiger partial charge in [-0.3, -0.25) is 4.79 Å². The zero-order valence-electron chi connectivity index (χ0n) is 11.9. The van der Waals surface area contributed by atoms with Gasteiger partial charge < -0.3 is 14.8 Å². The standard InChI is InChI=1S/C16H16ClNO3/c1-20-14-7-6-13(10-15(14)21-2)18-16(19)9-11-4-3-5-12(17)8-11/h3-8,10H,9H2,1-2H3,(H,18,19). The monoisotopic (exact) mass is 305 g/mol. The Bertz CT molecular complexity index is 643. The van der Waals surface area contributed by atoms with Crippen LogP contribution in [0, 0.1) is 0 Å². The number of benzene rings is 2. The van der Waals surface area contributed by atoms with Crippen LogP contribution in [-0.4, -0.2) is 20.1 Å². The highest BCUT2D eigenvalue weighted by atomic mass is 35.5. The average Bonchev–Trinajstić information content (AvgIpc) is 2.47. The maximum atomic E-state index is 12.0. The molecule has 2 aromatic rings. The van der Waals surface area contributed by atoms with E-state index in [0.29, 0.717) is 22.2 Å². The van der Waals surface area contributed by atoms with E-state index < -0.39 is 0 Å². The molecule has 1 N–H and O–H groups in total. The third kappa shape index (κ3) is 4.13. The van der Waals surface area contributed by atoms with E-state index in [4.69, 9.17) is 21.1 Å². The maximum absolute atomic E-state index is 12.0. The van der Waals surface area contributed by atoms with E-state index in [1.54, 1.807) is 44.6 Å². The van der Waals surface area contributed by atoms with Crippen LogP contribution in [0.4, 0.5) is 5.69 Å². The molecule has 0 unspecified atom stereocenters. The summed E-state index contributed by atoms with van der Waals surface area (Å²) in [5.74, 6) is 1.06. The smallest absolute Gasteiger partial charge is 0.228 e. The van der Waals surface area contributed by atoms with Gasteiger partial charge >= 0.3 is 0 Å². The van der Waals surface area contributed by atoms with Crippen LogP contribution >= 0.6 is 11.6 Å². The van der Waals surface area contributed by atoms with Crippen molar-refractivity contribution < 1.29 is 14.3 Å². The molecule has 0 spiro atoms. The summed E-state index contributed by atoms with van der Waals surface area (Å²) in [6.45, 7) is 0. The molecule has 0 aliphatic carbocycles. The number of anilines is 1. The lowest BCUT2D eigenvalue weighted by molar-refractivity contribution is -0.115. The van der Waals surface area contributed by atoms with Gasteiger partial charge in [0.15, 0.2) is 11.5 Å². The second kappa shape index (κ2) is 6.99. The van der Waals surface area contributed by atoms with Crippen molar-refractivity contribution in [2.45, 2.75) is 6.42 Å². The predicted octanol–water partition coefficient (Wildman–Crippen LogP) is 3.54. The Morgan fingerprint density at radius 2 is 1.86 bits per heavy atom. The van der Waals surface area contributed by atoms with Gasteiger partial charge in [0.2, 0.25) is 5.91 Å². The Hall–Kier alpha value is -2.20. The van der Waals surface area contributed by atoms with Crippen LogP contribution in [0.2, 0.25) is 5.02 Å². The summed E-state index contributed by atoms with van der Waals surface area (Å²) in [5.41, 5.74) is 1.51. The summed E-state index contributed by atoms with van der Waals surface area (Å²) in [5, 5.41) is 3.44. The van der Waals surface area contributed by atoms with Crippen LogP contribution in [-0.2, 0) is 11.2 Å². The number of halogens is 1. The number of hydrogen-bond acceptors (Lipinski definition) is 3. The van der Waals surface area contributed by atoms with Gasteiger partial charge in [-0.25, -0.2) is 0 Å². The number of rotatable bonds is 5. The summed E-state index contributed by atoms with van der Waals surface area (Å²) >= 11 is 5.90.